The van der Waals surface area contributed by atoms with Gasteiger partial charge in [-0.3, -0.25) is 4.90 Å². The molecule has 20 heavy (non-hydrogen) atoms. The standard InChI is InChI=1S/C17H28N2O/c1-14(6-5-11-18-16-9-10-16)19(2)13-15-7-4-8-17(12-15)20-3/h4,7-8,12,14,16,18H,5-6,9-11,13H2,1-3H3. The number of hydrogen-bond donors (Lipinski definition) is 1. The van der Waals surface area contributed by atoms with Crippen molar-refractivity contribution >= 4 is 0 Å². The molecule has 1 saturated carbocycles. The Morgan fingerprint density at radius 3 is 2.90 bits per heavy atom. The maximum absolute atomic E-state index is 5.28. The van der Waals surface area contributed by atoms with E-state index in [1.165, 1.54) is 37.8 Å². The molecule has 1 aromatic rings. The minimum absolute atomic E-state index is 0.613. The Morgan fingerprint density at radius 2 is 2.20 bits per heavy atom. The van der Waals surface area contributed by atoms with Gasteiger partial charge in [0.15, 0.2) is 0 Å². The van der Waals surface area contributed by atoms with Crippen molar-refractivity contribution < 1.29 is 4.74 Å². The topological polar surface area (TPSA) is 24.5 Å². The molecule has 1 fully saturated rings. The van der Waals surface area contributed by atoms with E-state index in [1.807, 2.05) is 6.07 Å². The van der Waals surface area contributed by atoms with E-state index in [9.17, 15) is 0 Å². The summed E-state index contributed by atoms with van der Waals surface area (Å²) in [4.78, 5) is 2.42. The first-order chi connectivity index (χ1) is 9.69. The predicted molar refractivity (Wildman–Crippen MR) is 84.2 cm³/mol. The molecule has 0 heterocycles. The molecule has 1 atom stereocenters. The van der Waals surface area contributed by atoms with E-state index in [0.29, 0.717) is 6.04 Å². The number of benzene rings is 1. The molecule has 3 heteroatoms. The maximum atomic E-state index is 5.28. The Kier molecular flexibility index (Phi) is 5.86. The normalized spacial score (nSPS) is 16.4. The van der Waals surface area contributed by atoms with Crippen molar-refractivity contribution in [2.24, 2.45) is 0 Å². The van der Waals surface area contributed by atoms with Crippen molar-refractivity contribution in [3.8, 4) is 5.75 Å². The van der Waals surface area contributed by atoms with Crippen molar-refractivity contribution in [3.05, 3.63) is 29.8 Å². The van der Waals surface area contributed by atoms with Gasteiger partial charge in [-0.1, -0.05) is 12.1 Å². The Labute approximate surface area is 123 Å². The van der Waals surface area contributed by atoms with Gasteiger partial charge in [-0.25, -0.2) is 0 Å². The minimum atomic E-state index is 0.613. The van der Waals surface area contributed by atoms with Gasteiger partial charge >= 0.3 is 0 Å². The molecule has 0 spiro atoms. The molecule has 1 N–H and O–H groups in total. The molecule has 0 saturated heterocycles. The zero-order valence-electron chi connectivity index (χ0n) is 13.1. The summed E-state index contributed by atoms with van der Waals surface area (Å²) >= 11 is 0. The summed E-state index contributed by atoms with van der Waals surface area (Å²) in [5.41, 5.74) is 1.31. The fraction of sp³-hybridized carbons (Fsp3) is 0.647. The van der Waals surface area contributed by atoms with Crippen molar-refractivity contribution in [2.45, 2.75) is 51.2 Å². The van der Waals surface area contributed by atoms with Crippen molar-refractivity contribution in [1.29, 1.82) is 0 Å². The van der Waals surface area contributed by atoms with Crippen LogP contribution in [0, 0.1) is 0 Å². The number of ether oxygens (including phenoxy) is 1. The van der Waals surface area contributed by atoms with Crippen molar-refractivity contribution in [1.82, 2.24) is 10.2 Å². The van der Waals surface area contributed by atoms with E-state index in [4.69, 9.17) is 4.74 Å². The zero-order chi connectivity index (χ0) is 14.4. The lowest BCUT2D eigenvalue weighted by atomic mass is 10.1. The monoisotopic (exact) mass is 276 g/mol. The van der Waals surface area contributed by atoms with Crippen LogP contribution in [0.15, 0.2) is 24.3 Å². The highest BCUT2D eigenvalue weighted by Gasteiger charge is 2.19. The third-order valence-electron chi connectivity index (χ3n) is 4.13. The van der Waals surface area contributed by atoms with Gasteiger partial charge < -0.3 is 10.1 Å². The highest BCUT2D eigenvalue weighted by molar-refractivity contribution is 5.28. The zero-order valence-corrected chi connectivity index (χ0v) is 13.1. The molecule has 0 amide bonds. The molecule has 1 unspecified atom stereocenters. The molecular weight excluding hydrogens is 248 g/mol. The van der Waals surface area contributed by atoms with Crippen molar-refractivity contribution in [3.63, 3.8) is 0 Å². The quantitative estimate of drug-likeness (QED) is 0.702. The second kappa shape index (κ2) is 7.65. The molecule has 0 aliphatic heterocycles. The predicted octanol–water partition coefficient (Wildman–Crippen LogP) is 3.05. The van der Waals surface area contributed by atoms with Crippen LogP contribution in [0.4, 0.5) is 0 Å². The van der Waals surface area contributed by atoms with Crippen LogP contribution in [-0.4, -0.2) is 37.7 Å². The molecule has 1 aliphatic rings. The van der Waals surface area contributed by atoms with Crippen molar-refractivity contribution in [2.75, 3.05) is 20.7 Å². The van der Waals surface area contributed by atoms with Crippen LogP contribution < -0.4 is 10.1 Å². The average molecular weight is 276 g/mol. The van der Waals surface area contributed by atoms with Gasteiger partial charge in [0.1, 0.15) is 5.75 Å². The highest BCUT2D eigenvalue weighted by atomic mass is 16.5. The smallest absolute Gasteiger partial charge is 0.119 e. The van der Waals surface area contributed by atoms with Crippen LogP contribution >= 0.6 is 0 Å². The summed E-state index contributed by atoms with van der Waals surface area (Å²) in [6.45, 7) is 4.47. The first-order valence-electron chi connectivity index (χ1n) is 7.75. The van der Waals surface area contributed by atoms with Gasteiger partial charge in [-0.05, 0) is 63.9 Å². The largest absolute Gasteiger partial charge is 0.497 e. The average Bonchev–Trinajstić information content (AvgIpc) is 3.27. The lowest BCUT2D eigenvalue weighted by Crippen LogP contribution is -2.29. The summed E-state index contributed by atoms with van der Waals surface area (Å²) in [6.07, 6.45) is 5.27. The van der Waals surface area contributed by atoms with Gasteiger partial charge in [0.05, 0.1) is 7.11 Å². The highest BCUT2D eigenvalue weighted by Crippen LogP contribution is 2.19. The van der Waals surface area contributed by atoms with E-state index in [-0.39, 0.29) is 0 Å². The lowest BCUT2D eigenvalue weighted by Gasteiger charge is -2.25. The van der Waals surface area contributed by atoms with Crippen LogP contribution in [0.2, 0.25) is 0 Å². The summed E-state index contributed by atoms with van der Waals surface area (Å²) in [5, 5.41) is 3.58. The van der Waals surface area contributed by atoms with Crippen LogP contribution in [0.3, 0.4) is 0 Å². The molecule has 1 aliphatic carbocycles. The van der Waals surface area contributed by atoms with Gasteiger partial charge in [0.25, 0.3) is 0 Å². The molecule has 3 nitrogen and oxygen atoms in total. The fourth-order valence-corrected chi connectivity index (χ4v) is 2.43. The lowest BCUT2D eigenvalue weighted by molar-refractivity contribution is 0.234. The van der Waals surface area contributed by atoms with Crippen LogP contribution in [0.5, 0.6) is 5.75 Å². The first kappa shape index (κ1) is 15.3. The SMILES string of the molecule is COc1cccc(CN(C)C(C)CCCNC2CC2)c1. The van der Waals surface area contributed by atoms with Gasteiger partial charge in [0, 0.05) is 18.6 Å². The van der Waals surface area contributed by atoms with E-state index in [1.54, 1.807) is 7.11 Å². The van der Waals surface area contributed by atoms with Crippen LogP contribution in [-0.2, 0) is 6.54 Å². The first-order valence-corrected chi connectivity index (χ1v) is 7.75. The second-order valence-corrected chi connectivity index (χ2v) is 5.99. The third-order valence-corrected chi connectivity index (χ3v) is 4.13. The summed E-state index contributed by atoms with van der Waals surface area (Å²) < 4.78 is 5.28. The molecule has 0 radical (unpaired) electrons. The molecule has 0 aromatic heterocycles. The van der Waals surface area contributed by atoms with Gasteiger partial charge in [0.2, 0.25) is 0 Å². The second-order valence-electron chi connectivity index (χ2n) is 5.99. The van der Waals surface area contributed by atoms with Crippen LogP contribution in [0.1, 0.15) is 38.2 Å². The molecule has 1 aromatic carbocycles. The van der Waals surface area contributed by atoms with Gasteiger partial charge in [-0.2, -0.15) is 0 Å². The van der Waals surface area contributed by atoms with E-state index >= 15 is 0 Å². The van der Waals surface area contributed by atoms with E-state index < -0.39 is 0 Å². The number of rotatable bonds is 9. The molecule has 0 bridgehead atoms. The maximum Gasteiger partial charge on any atom is 0.119 e. The number of nitrogens with zero attached hydrogens (tertiary/aromatic N) is 1. The molecular formula is C17H28N2O. The number of nitrogens with one attached hydrogen (secondary N) is 1. The van der Waals surface area contributed by atoms with E-state index in [2.05, 4.69) is 42.4 Å². The number of hydrogen-bond acceptors (Lipinski definition) is 3. The fourth-order valence-electron chi connectivity index (χ4n) is 2.43. The molecule has 112 valence electrons. The Hall–Kier alpha value is -1.06. The Bertz CT molecular complexity index is 404. The van der Waals surface area contributed by atoms with E-state index in [0.717, 1.165) is 18.3 Å². The minimum Gasteiger partial charge on any atom is -0.497 e. The third kappa shape index (κ3) is 5.14. The van der Waals surface area contributed by atoms with Gasteiger partial charge in [-0.15, -0.1) is 0 Å². The Morgan fingerprint density at radius 1 is 1.40 bits per heavy atom. The molecule has 2 rings (SSSR count). The summed E-state index contributed by atoms with van der Waals surface area (Å²) in [7, 11) is 3.93. The number of methoxy groups -OCH3 is 1. The summed E-state index contributed by atoms with van der Waals surface area (Å²) in [5.74, 6) is 0.942. The Balaban J connectivity index is 1.69. The van der Waals surface area contributed by atoms with Crippen LogP contribution in [0.25, 0.3) is 0 Å². The summed E-state index contributed by atoms with van der Waals surface area (Å²) in [6, 6.07) is 9.79.